The highest BCUT2D eigenvalue weighted by molar-refractivity contribution is 5.89. The molecule has 0 aliphatic carbocycles. The Morgan fingerprint density at radius 1 is 1.21 bits per heavy atom. The van der Waals surface area contributed by atoms with E-state index in [4.69, 9.17) is 4.74 Å². The molecule has 2 heterocycles. The van der Waals surface area contributed by atoms with Gasteiger partial charge in [0.15, 0.2) is 12.1 Å². The molecule has 1 aromatic carbocycles. The maximum atomic E-state index is 13.5. The Morgan fingerprint density at radius 2 is 2.04 bits per heavy atom. The molecule has 0 aliphatic rings. The number of hydrogen-bond donors (Lipinski definition) is 1. The highest BCUT2D eigenvalue weighted by atomic mass is 19.1. The number of carbonyl (C=O) groups is 1. The number of ether oxygens (including phenoxy) is 1. The maximum absolute atomic E-state index is 13.5. The van der Waals surface area contributed by atoms with E-state index >= 15 is 0 Å². The monoisotopic (exact) mass is 326 g/mol. The van der Waals surface area contributed by atoms with Crippen LogP contribution in [-0.4, -0.2) is 27.3 Å². The molecule has 0 saturated heterocycles. The van der Waals surface area contributed by atoms with E-state index in [0.717, 1.165) is 0 Å². The summed E-state index contributed by atoms with van der Waals surface area (Å²) in [6.07, 6.45) is 1.93. The second-order valence-corrected chi connectivity index (χ2v) is 5.38. The smallest absolute Gasteiger partial charge is 0.168 e. The lowest BCUT2D eigenvalue weighted by molar-refractivity contribution is 0.111. The van der Waals surface area contributed by atoms with Crippen molar-refractivity contribution in [2.45, 2.75) is 20.0 Å². The van der Waals surface area contributed by atoms with E-state index in [0.29, 0.717) is 34.6 Å². The maximum Gasteiger partial charge on any atom is 0.168 e. The first-order valence-corrected chi connectivity index (χ1v) is 7.37. The highest BCUT2D eigenvalue weighted by Gasteiger charge is 2.12. The molecule has 3 aromatic rings. The molecule has 0 fully saturated rings. The molecule has 1 N–H and O–H groups in total. The number of fused-ring (bicyclic) bond motifs is 1. The van der Waals surface area contributed by atoms with Crippen LogP contribution in [0.25, 0.3) is 11.0 Å². The van der Waals surface area contributed by atoms with Crippen LogP contribution in [0.4, 0.5) is 15.9 Å². The molecule has 3 rings (SSSR count). The van der Waals surface area contributed by atoms with E-state index in [-0.39, 0.29) is 11.8 Å². The van der Waals surface area contributed by atoms with E-state index in [1.807, 2.05) is 13.8 Å². The van der Waals surface area contributed by atoms with Crippen LogP contribution in [0.2, 0.25) is 0 Å². The van der Waals surface area contributed by atoms with E-state index in [1.54, 1.807) is 18.2 Å². The number of pyridine rings is 1. The average Bonchev–Trinajstić information content (AvgIpc) is 2.56. The fraction of sp³-hybridized carbons (Fsp3) is 0.176. The van der Waals surface area contributed by atoms with Crippen LogP contribution >= 0.6 is 0 Å². The number of nitrogens with zero attached hydrogens (tertiary/aromatic N) is 3. The number of benzene rings is 1. The van der Waals surface area contributed by atoms with Gasteiger partial charge in [0.05, 0.1) is 17.3 Å². The summed E-state index contributed by atoms with van der Waals surface area (Å²) in [6, 6.07) is 7.45. The zero-order chi connectivity index (χ0) is 17.1. The number of hydrogen-bond acceptors (Lipinski definition) is 6. The van der Waals surface area contributed by atoms with E-state index in [2.05, 4.69) is 20.3 Å². The quantitative estimate of drug-likeness (QED) is 0.723. The molecule has 122 valence electrons. The summed E-state index contributed by atoms with van der Waals surface area (Å²) in [7, 11) is 0. The first-order chi connectivity index (χ1) is 11.6. The summed E-state index contributed by atoms with van der Waals surface area (Å²) in [4.78, 5) is 23.5. The second-order valence-electron chi connectivity index (χ2n) is 5.38. The van der Waals surface area contributed by atoms with Crippen LogP contribution in [0.5, 0.6) is 5.75 Å². The standard InChI is InChI=1S/C17H15FN4O2/c1-10(2)24-15-7-11(18)3-5-13(15)22-17-16-14(19-9-20-17)6-4-12(8-23)21-16/h3-10H,1-2H3,(H,19,20,22). The van der Waals surface area contributed by atoms with Crippen molar-refractivity contribution in [3.63, 3.8) is 0 Å². The van der Waals surface area contributed by atoms with Gasteiger partial charge < -0.3 is 10.1 Å². The Hall–Kier alpha value is -3.09. The summed E-state index contributed by atoms with van der Waals surface area (Å²) >= 11 is 0. The zero-order valence-electron chi connectivity index (χ0n) is 13.2. The molecule has 6 nitrogen and oxygen atoms in total. The van der Waals surface area contributed by atoms with Gasteiger partial charge in [-0.15, -0.1) is 0 Å². The van der Waals surface area contributed by atoms with E-state index in [1.165, 1.54) is 18.5 Å². The third-order valence-electron chi connectivity index (χ3n) is 3.18. The van der Waals surface area contributed by atoms with Crippen molar-refractivity contribution >= 4 is 28.8 Å². The summed E-state index contributed by atoms with van der Waals surface area (Å²) in [5.74, 6) is 0.373. The van der Waals surface area contributed by atoms with Crippen LogP contribution in [-0.2, 0) is 0 Å². The van der Waals surface area contributed by atoms with Gasteiger partial charge in [-0.25, -0.2) is 19.3 Å². The van der Waals surface area contributed by atoms with Crippen LogP contribution in [0.3, 0.4) is 0 Å². The third kappa shape index (κ3) is 3.29. The van der Waals surface area contributed by atoms with Crippen molar-refractivity contribution in [1.82, 2.24) is 15.0 Å². The predicted octanol–water partition coefficient (Wildman–Crippen LogP) is 3.51. The fourth-order valence-corrected chi connectivity index (χ4v) is 2.19. The Bertz CT molecular complexity index is 899. The van der Waals surface area contributed by atoms with Gasteiger partial charge in [-0.3, -0.25) is 4.79 Å². The summed E-state index contributed by atoms with van der Waals surface area (Å²) < 4.78 is 19.1. The highest BCUT2D eigenvalue weighted by Crippen LogP contribution is 2.30. The van der Waals surface area contributed by atoms with E-state index < -0.39 is 5.82 Å². The molecular formula is C17H15FN4O2. The topological polar surface area (TPSA) is 77.0 Å². The van der Waals surface area contributed by atoms with Crippen molar-refractivity contribution < 1.29 is 13.9 Å². The van der Waals surface area contributed by atoms with Gasteiger partial charge in [0, 0.05) is 6.07 Å². The average molecular weight is 326 g/mol. The molecule has 0 amide bonds. The molecule has 7 heteroatoms. The molecule has 0 unspecified atom stereocenters. The van der Waals surface area contributed by atoms with Gasteiger partial charge in [-0.1, -0.05) is 0 Å². The Kier molecular flexibility index (Phi) is 4.33. The predicted molar refractivity (Wildman–Crippen MR) is 88.2 cm³/mol. The van der Waals surface area contributed by atoms with Crippen LogP contribution in [0, 0.1) is 5.82 Å². The van der Waals surface area contributed by atoms with E-state index in [9.17, 15) is 9.18 Å². The fourth-order valence-electron chi connectivity index (χ4n) is 2.19. The van der Waals surface area contributed by atoms with Crippen molar-refractivity contribution in [3.8, 4) is 5.75 Å². The number of carbonyl (C=O) groups excluding carboxylic acids is 1. The lowest BCUT2D eigenvalue weighted by atomic mass is 10.2. The lowest BCUT2D eigenvalue weighted by Gasteiger charge is -2.15. The Balaban J connectivity index is 2.05. The second kappa shape index (κ2) is 6.57. The molecule has 0 bridgehead atoms. The lowest BCUT2D eigenvalue weighted by Crippen LogP contribution is -2.08. The van der Waals surface area contributed by atoms with Crippen molar-refractivity contribution in [1.29, 1.82) is 0 Å². The minimum Gasteiger partial charge on any atom is -0.489 e. The normalized spacial score (nSPS) is 10.8. The first kappa shape index (κ1) is 15.8. The number of aldehydes is 1. The Morgan fingerprint density at radius 3 is 2.79 bits per heavy atom. The van der Waals surface area contributed by atoms with Gasteiger partial charge in [0.25, 0.3) is 0 Å². The summed E-state index contributed by atoms with van der Waals surface area (Å²) in [6.45, 7) is 3.71. The number of halogens is 1. The van der Waals surface area contributed by atoms with Gasteiger partial charge in [0.2, 0.25) is 0 Å². The van der Waals surface area contributed by atoms with Gasteiger partial charge in [-0.2, -0.15) is 0 Å². The zero-order valence-corrected chi connectivity index (χ0v) is 13.2. The van der Waals surface area contributed by atoms with Crippen molar-refractivity contribution in [2.24, 2.45) is 0 Å². The first-order valence-electron chi connectivity index (χ1n) is 7.37. The molecule has 0 saturated carbocycles. The minimum atomic E-state index is -0.398. The number of nitrogens with one attached hydrogen (secondary N) is 1. The van der Waals surface area contributed by atoms with Gasteiger partial charge in [0.1, 0.15) is 29.1 Å². The Labute approximate surface area is 137 Å². The van der Waals surface area contributed by atoms with Gasteiger partial charge in [-0.05, 0) is 38.1 Å². The minimum absolute atomic E-state index is 0.116. The van der Waals surface area contributed by atoms with Crippen LogP contribution < -0.4 is 10.1 Å². The molecule has 0 atom stereocenters. The molecular weight excluding hydrogens is 311 g/mol. The number of aromatic nitrogens is 3. The summed E-state index contributed by atoms with van der Waals surface area (Å²) in [5.41, 5.74) is 1.86. The molecule has 0 radical (unpaired) electrons. The third-order valence-corrected chi connectivity index (χ3v) is 3.18. The molecule has 0 aliphatic heterocycles. The summed E-state index contributed by atoms with van der Waals surface area (Å²) in [5, 5.41) is 3.08. The SMILES string of the molecule is CC(C)Oc1cc(F)ccc1Nc1ncnc2ccc(C=O)nc12. The van der Waals surface area contributed by atoms with Gasteiger partial charge >= 0.3 is 0 Å². The largest absolute Gasteiger partial charge is 0.489 e. The van der Waals surface area contributed by atoms with Crippen molar-refractivity contribution in [2.75, 3.05) is 5.32 Å². The number of rotatable bonds is 5. The van der Waals surface area contributed by atoms with Crippen LogP contribution in [0.15, 0.2) is 36.7 Å². The number of anilines is 2. The molecule has 0 spiro atoms. The molecule has 24 heavy (non-hydrogen) atoms. The van der Waals surface area contributed by atoms with Crippen molar-refractivity contribution in [3.05, 3.63) is 48.2 Å². The van der Waals surface area contributed by atoms with Crippen LogP contribution in [0.1, 0.15) is 24.3 Å². The molecule has 2 aromatic heterocycles.